The summed E-state index contributed by atoms with van der Waals surface area (Å²) in [6.07, 6.45) is 1.65. The van der Waals surface area contributed by atoms with Gasteiger partial charge >= 0.3 is 0 Å². The van der Waals surface area contributed by atoms with Crippen LogP contribution in [0, 0.1) is 5.82 Å². The van der Waals surface area contributed by atoms with E-state index in [2.05, 4.69) is 26.2 Å². The topological polar surface area (TPSA) is 34.1 Å². The maximum atomic E-state index is 13.6. The third-order valence-electron chi connectivity index (χ3n) is 2.44. The van der Waals surface area contributed by atoms with E-state index in [1.165, 1.54) is 6.07 Å². The zero-order valence-electron chi connectivity index (χ0n) is 9.78. The number of methoxy groups -OCH3 is 1. The predicted octanol–water partition coefficient (Wildman–Crippen LogP) is 3.60. The van der Waals surface area contributed by atoms with Gasteiger partial charge in [-0.3, -0.25) is 0 Å². The molecule has 0 aliphatic rings. The Morgan fingerprint density at radius 3 is 2.78 bits per heavy atom. The van der Waals surface area contributed by atoms with Crippen LogP contribution in [0.5, 0.6) is 5.88 Å². The second-order valence-corrected chi connectivity index (χ2v) is 4.59. The van der Waals surface area contributed by atoms with Crippen LogP contribution in [0.3, 0.4) is 0 Å². The standard InChI is InChI=1S/C13H12BrFN2O/c1-18-13-5-4-11(8-17-13)16-7-9-2-3-10(14)6-12(9)15/h2-6,8,16H,7H2,1H3. The Kier molecular flexibility index (Phi) is 4.15. The van der Waals surface area contributed by atoms with Crippen molar-refractivity contribution in [2.24, 2.45) is 0 Å². The van der Waals surface area contributed by atoms with Crippen molar-refractivity contribution in [3.63, 3.8) is 0 Å². The van der Waals surface area contributed by atoms with E-state index in [-0.39, 0.29) is 5.82 Å². The maximum absolute atomic E-state index is 13.6. The van der Waals surface area contributed by atoms with Crippen LogP contribution in [-0.2, 0) is 6.54 Å². The molecular formula is C13H12BrFN2O. The van der Waals surface area contributed by atoms with Gasteiger partial charge in [0.05, 0.1) is 19.0 Å². The summed E-state index contributed by atoms with van der Waals surface area (Å²) in [5, 5.41) is 3.10. The van der Waals surface area contributed by atoms with E-state index in [9.17, 15) is 4.39 Å². The molecule has 1 heterocycles. The normalized spacial score (nSPS) is 10.2. The summed E-state index contributed by atoms with van der Waals surface area (Å²) < 4.78 is 19.3. The summed E-state index contributed by atoms with van der Waals surface area (Å²) in [5.41, 5.74) is 1.42. The number of aromatic nitrogens is 1. The Morgan fingerprint density at radius 2 is 2.17 bits per heavy atom. The zero-order valence-corrected chi connectivity index (χ0v) is 11.4. The fraction of sp³-hybridized carbons (Fsp3) is 0.154. The molecular weight excluding hydrogens is 299 g/mol. The van der Waals surface area contributed by atoms with Gasteiger partial charge in [-0.15, -0.1) is 0 Å². The Bertz CT molecular complexity index is 531. The van der Waals surface area contributed by atoms with Crippen LogP contribution in [0.15, 0.2) is 41.0 Å². The molecule has 2 aromatic rings. The molecule has 3 nitrogen and oxygen atoms in total. The van der Waals surface area contributed by atoms with Gasteiger partial charge in [0, 0.05) is 22.6 Å². The lowest BCUT2D eigenvalue weighted by Crippen LogP contribution is -2.02. The molecule has 0 saturated carbocycles. The number of hydrogen-bond acceptors (Lipinski definition) is 3. The number of hydrogen-bond donors (Lipinski definition) is 1. The largest absolute Gasteiger partial charge is 0.481 e. The molecule has 0 unspecified atom stereocenters. The molecule has 2 rings (SSSR count). The minimum absolute atomic E-state index is 0.238. The maximum Gasteiger partial charge on any atom is 0.213 e. The van der Waals surface area contributed by atoms with Crippen molar-refractivity contribution in [3.8, 4) is 5.88 Å². The van der Waals surface area contributed by atoms with Crippen molar-refractivity contribution in [2.45, 2.75) is 6.54 Å². The molecule has 0 fully saturated rings. The van der Waals surface area contributed by atoms with Gasteiger partial charge in [-0.1, -0.05) is 22.0 Å². The van der Waals surface area contributed by atoms with E-state index in [0.29, 0.717) is 18.0 Å². The van der Waals surface area contributed by atoms with E-state index >= 15 is 0 Å². The van der Waals surface area contributed by atoms with E-state index in [1.807, 2.05) is 12.1 Å². The molecule has 0 spiro atoms. The van der Waals surface area contributed by atoms with E-state index in [0.717, 1.165) is 10.2 Å². The van der Waals surface area contributed by atoms with E-state index in [1.54, 1.807) is 25.4 Å². The number of halogens is 2. The smallest absolute Gasteiger partial charge is 0.213 e. The second kappa shape index (κ2) is 5.82. The molecule has 0 saturated heterocycles. The van der Waals surface area contributed by atoms with Crippen molar-refractivity contribution in [1.82, 2.24) is 4.98 Å². The minimum Gasteiger partial charge on any atom is -0.481 e. The number of benzene rings is 1. The Balaban J connectivity index is 2.02. The molecule has 94 valence electrons. The number of ether oxygens (including phenoxy) is 1. The van der Waals surface area contributed by atoms with Gasteiger partial charge in [0.1, 0.15) is 5.82 Å². The summed E-state index contributed by atoms with van der Waals surface area (Å²) in [7, 11) is 1.56. The highest BCUT2D eigenvalue weighted by molar-refractivity contribution is 9.10. The van der Waals surface area contributed by atoms with Crippen LogP contribution in [0.1, 0.15) is 5.56 Å². The van der Waals surface area contributed by atoms with Crippen molar-refractivity contribution in [1.29, 1.82) is 0 Å². The van der Waals surface area contributed by atoms with Gasteiger partial charge in [-0.05, 0) is 18.2 Å². The van der Waals surface area contributed by atoms with Crippen LogP contribution >= 0.6 is 15.9 Å². The lowest BCUT2D eigenvalue weighted by molar-refractivity contribution is 0.398. The van der Waals surface area contributed by atoms with Gasteiger partial charge in [0.15, 0.2) is 0 Å². The zero-order chi connectivity index (χ0) is 13.0. The van der Waals surface area contributed by atoms with Crippen molar-refractivity contribution in [2.75, 3.05) is 12.4 Å². The SMILES string of the molecule is COc1ccc(NCc2ccc(Br)cc2F)cn1. The molecule has 1 aromatic carbocycles. The highest BCUT2D eigenvalue weighted by atomic mass is 79.9. The lowest BCUT2D eigenvalue weighted by atomic mass is 10.2. The third kappa shape index (κ3) is 3.20. The van der Waals surface area contributed by atoms with Gasteiger partial charge in [0.25, 0.3) is 0 Å². The summed E-state index contributed by atoms with van der Waals surface area (Å²) in [6.45, 7) is 0.410. The predicted molar refractivity (Wildman–Crippen MR) is 72.2 cm³/mol. The number of anilines is 1. The van der Waals surface area contributed by atoms with Crippen molar-refractivity contribution < 1.29 is 9.13 Å². The monoisotopic (exact) mass is 310 g/mol. The van der Waals surface area contributed by atoms with Crippen molar-refractivity contribution >= 4 is 21.6 Å². The summed E-state index contributed by atoms with van der Waals surface area (Å²) in [4.78, 5) is 4.06. The Hall–Kier alpha value is -1.62. The molecule has 0 bridgehead atoms. The molecule has 1 N–H and O–H groups in total. The highest BCUT2D eigenvalue weighted by Crippen LogP contribution is 2.17. The molecule has 0 radical (unpaired) electrons. The summed E-state index contributed by atoms with van der Waals surface area (Å²) in [6, 6.07) is 8.59. The number of rotatable bonds is 4. The molecule has 0 aliphatic heterocycles. The average Bonchev–Trinajstić information content (AvgIpc) is 2.38. The Labute approximate surface area is 113 Å². The first-order valence-corrected chi connectivity index (χ1v) is 6.16. The van der Waals surface area contributed by atoms with Gasteiger partial charge in [-0.2, -0.15) is 0 Å². The van der Waals surface area contributed by atoms with Crippen molar-refractivity contribution in [3.05, 3.63) is 52.4 Å². The Morgan fingerprint density at radius 1 is 1.33 bits per heavy atom. The molecule has 5 heteroatoms. The third-order valence-corrected chi connectivity index (χ3v) is 2.94. The first-order chi connectivity index (χ1) is 8.69. The van der Waals surface area contributed by atoms with Crippen LogP contribution < -0.4 is 10.1 Å². The van der Waals surface area contributed by atoms with E-state index < -0.39 is 0 Å². The lowest BCUT2D eigenvalue weighted by Gasteiger charge is -2.08. The summed E-state index contributed by atoms with van der Waals surface area (Å²) in [5.74, 6) is 0.314. The molecule has 1 aromatic heterocycles. The van der Waals surface area contributed by atoms with Gasteiger partial charge < -0.3 is 10.1 Å². The molecule has 0 aliphatic carbocycles. The van der Waals surface area contributed by atoms with Crippen LogP contribution in [-0.4, -0.2) is 12.1 Å². The molecule has 0 amide bonds. The molecule has 18 heavy (non-hydrogen) atoms. The minimum atomic E-state index is -0.238. The van der Waals surface area contributed by atoms with Crippen LogP contribution in [0.2, 0.25) is 0 Å². The highest BCUT2D eigenvalue weighted by Gasteiger charge is 2.02. The van der Waals surface area contributed by atoms with Crippen LogP contribution in [0.25, 0.3) is 0 Å². The average molecular weight is 311 g/mol. The first-order valence-electron chi connectivity index (χ1n) is 5.37. The quantitative estimate of drug-likeness (QED) is 0.937. The van der Waals surface area contributed by atoms with Crippen LogP contribution in [0.4, 0.5) is 10.1 Å². The number of nitrogens with one attached hydrogen (secondary N) is 1. The number of nitrogens with zero attached hydrogens (tertiary/aromatic N) is 1. The fourth-order valence-corrected chi connectivity index (χ4v) is 1.80. The van der Waals surface area contributed by atoms with E-state index in [4.69, 9.17) is 4.74 Å². The molecule has 0 atom stereocenters. The van der Waals surface area contributed by atoms with Gasteiger partial charge in [0.2, 0.25) is 5.88 Å². The first kappa shape index (κ1) is 12.8. The second-order valence-electron chi connectivity index (χ2n) is 3.68. The summed E-state index contributed by atoms with van der Waals surface area (Å²) >= 11 is 3.22. The van der Waals surface area contributed by atoms with Gasteiger partial charge in [-0.25, -0.2) is 9.37 Å². The number of pyridine rings is 1. The fourth-order valence-electron chi connectivity index (χ4n) is 1.47.